The summed E-state index contributed by atoms with van der Waals surface area (Å²) in [5.41, 5.74) is 5.32. The van der Waals surface area contributed by atoms with Crippen molar-refractivity contribution in [2.75, 3.05) is 26.2 Å². The Morgan fingerprint density at radius 1 is 1.50 bits per heavy atom. The standard InChI is InChI=1S/C10H19N3O3/c11-10(14)8-7-12-4-5-13(8)16-9-3-1-2-6-15-9/h8-9,12H,1-7H2,(H2,11,14). The molecule has 16 heavy (non-hydrogen) atoms. The topological polar surface area (TPSA) is 76.8 Å². The summed E-state index contributed by atoms with van der Waals surface area (Å²) < 4.78 is 5.47. The van der Waals surface area contributed by atoms with Crippen LogP contribution in [0.25, 0.3) is 0 Å². The van der Waals surface area contributed by atoms with Gasteiger partial charge in [0.1, 0.15) is 6.04 Å². The molecule has 0 saturated carbocycles. The average molecular weight is 229 g/mol. The zero-order valence-corrected chi connectivity index (χ0v) is 9.35. The van der Waals surface area contributed by atoms with Gasteiger partial charge >= 0.3 is 0 Å². The quantitative estimate of drug-likeness (QED) is 0.663. The maximum Gasteiger partial charge on any atom is 0.238 e. The first-order chi connectivity index (χ1) is 7.77. The van der Waals surface area contributed by atoms with Gasteiger partial charge in [0.2, 0.25) is 5.91 Å². The summed E-state index contributed by atoms with van der Waals surface area (Å²) in [6, 6.07) is -0.390. The van der Waals surface area contributed by atoms with Gasteiger partial charge in [-0.3, -0.25) is 9.63 Å². The van der Waals surface area contributed by atoms with E-state index in [4.69, 9.17) is 15.3 Å². The van der Waals surface area contributed by atoms with Crippen molar-refractivity contribution in [3.63, 3.8) is 0 Å². The molecule has 0 aliphatic carbocycles. The third-order valence-corrected chi connectivity index (χ3v) is 2.91. The largest absolute Gasteiger partial charge is 0.368 e. The van der Waals surface area contributed by atoms with Gasteiger partial charge in [0, 0.05) is 32.7 Å². The Hall–Kier alpha value is -0.690. The van der Waals surface area contributed by atoms with Gasteiger partial charge in [-0.15, -0.1) is 0 Å². The molecule has 0 aromatic rings. The lowest BCUT2D eigenvalue weighted by Crippen LogP contribution is -2.57. The van der Waals surface area contributed by atoms with Crippen LogP contribution in [0.1, 0.15) is 19.3 Å². The van der Waals surface area contributed by atoms with Gasteiger partial charge < -0.3 is 15.8 Å². The van der Waals surface area contributed by atoms with E-state index >= 15 is 0 Å². The van der Waals surface area contributed by atoms with Crippen molar-refractivity contribution in [3.8, 4) is 0 Å². The number of hydrogen-bond donors (Lipinski definition) is 2. The summed E-state index contributed by atoms with van der Waals surface area (Å²) in [7, 11) is 0. The maximum atomic E-state index is 11.2. The van der Waals surface area contributed by atoms with Gasteiger partial charge in [0.05, 0.1) is 0 Å². The second kappa shape index (κ2) is 5.58. The lowest BCUT2D eigenvalue weighted by molar-refractivity contribution is -0.303. The van der Waals surface area contributed by atoms with Crippen LogP contribution in [0.15, 0.2) is 0 Å². The molecule has 2 rings (SSSR count). The van der Waals surface area contributed by atoms with Gasteiger partial charge in [-0.05, 0) is 12.8 Å². The molecule has 2 atom stereocenters. The number of amides is 1. The van der Waals surface area contributed by atoms with Crippen LogP contribution >= 0.6 is 0 Å². The van der Waals surface area contributed by atoms with E-state index in [0.717, 1.165) is 32.4 Å². The fourth-order valence-corrected chi connectivity index (χ4v) is 2.00. The highest BCUT2D eigenvalue weighted by atomic mass is 16.8. The SMILES string of the molecule is NC(=O)C1CNCCN1OC1CCCCO1. The first-order valence-electron chi connectivity index (χ1n) is 5.82. The van der Waals surface area contributed by atoms with Crippen LogP contribution in [0.5, 0.6) is 0 Å². The third kappa shape index (κ3) is 2.91. The van der Waals surface area contributed by atoms with E-state index < -0.39 is 0 Å². The molecule has 0 spiro atoms. The zero-order valence-electron chi connectivity index (χ0n) is 9.35. The Morgan fingerprint density at radius 3 is 3.06 bits per heavy atom. The predicted octanol–water partition coefficient (Wildman–Crippen LogP) is -0.796. The molecule has 1 amide bonds. The molecule has 2 aliphatic heterocycles. The number of primary amides is 1. The lowest BCUT2D eigenvalue weighted by atomic mass is 10.2. The second-order valence-electron chi connectivity index (χ2n) is 4.16. The molecular weight excluding hydrogens is 210 g/mol. The number of nitrogens with zero attached hydrogens (tertiary/aromatic N) is 1. The van der Waals surface area contributed by atoms with Gasteiger partial charge in [0.15, 0.2) is 6.29 Å². The zero-order chi connectivity index (χ0) is 11.4. The summed E-state index contributed by atoms with van der Waals surface area (Å²) in [4.78, 5) is 16.9. The molecule has 3 N–H and O–H groups in total. The highest BCUT2D eigenvalue weighted by Crippen LogP contribution is 2.16. The summed E-state index contributed by atoms with van der Waals surface area (Å²) in [5, 5.41) is 4.78. The van der Waals surface area contributed by atoms with Crippen molar-refractivity contribution in [2.24, 2.45) is 5.73 Å². The van der Waals surface area contributed by atoms with E-state index in [2.05, 4.69) is 5.32 Å². The second-order valence-corrected chi connectivity index (χ2v) is 4.16. The van der Waals surface area contributed by atoms with Crippen molar-refractivity contribution in [1.82, 2.24) is 10.4 Å². The van der Waals surface area contributed by atoms with Crippen LogP contribution in [-0.2, 0) is 14.4 Å². The molecule has 6 heteroatoms. The minimum atomic E-state index is -0.390. The number of hydrogen-bond acceptors (Lipinski definition) is 5. The number of carbonyl (C=O) groups excluding carboxylic acids is 1. The Labute approximate surface area is 95.0 Å². The summed E-state index contributed by atoms with van der Waals surface area (Å²) in [6.07, 6.45) is 2.86. The van der Waals surface area contributed by atoms with E-state index in [0.29, 0.717) is 13.1 Å². The van der Waals surface area contributed by atoms with Gasteiger partial charge in [-0.25, -0.2) is 0 Å². The molecule has 2 saturated heterocycles. The molecule has 2 aliphatic rings. The van der Waals surface area contributed by atoms with E-state index in [9.17, 15) is 4.79 Å². The normalized spacial score (nSPS) is 32.5. The Bertz CT molecular complexity index is 243. The highest BCUT2D eigenvalue weighted by molar-refractivity contribution is 5.80. The van der Waals surface area contributed by atoms with Crippen LogP contribution in [0.4, 0.5) is 0 Å². The van der Waals surface area contributed by atoms with Gasteiger partial charge in [0.25, 0.3) is 0 Å². The summed E-state index contributed by atoms with van der Waals surface area (Å²) in [6.45, 7) is 2.74. The molecule has 2 unspecified atom stereocenters. The summed E-state index contributed by atoms with van der Waals surface area (Å²) in [5.74, 6) is -0.358. The van der Waals surface area contributed by atoms with Crippen LogP contribution < -0.4 is 11.1 Å². The minimum absolute atomic E-state index is 0.214. The van der Waals surface area contributed by atoms with Gasteiger partial charge in [-0.2, -0.15) is 5.06 Å². The molecule has 0 radical (unpaired) electrons. The van der Waals surface area contributed by atoms with Crippen LogP contribution in [0.2, 0.25) is 0 Å². The van der Waals surface area contributed by atoms with E-state index in [1.165, 1.54) is 0 Å². The first kappa shape index (κ1) is 11.8. The van der Waals surface area contributed by atoms with Crippen LogP contribution in [0.3, 0.4) is 0 Å². The monoisotopic (exact) mass is 229 g/mol. The number of rotatable bonds is 3. The molecule has 0 bridgehead atoms. The lowest BCUT2D eigenvalue weighted by Gasteiger charge is -2.36. The van der Waals surface area contributed by atoms with Gasteiger partial charge in [-0.1, -0.05) is 0 Å². The number of nitrogens with two attached hydrogens (primary N) is 1. The molecule has 0 aromatic carbocycles. The summed E-state index contributed by atoms with van der Waals surface area (Å²) >= 11 is 0. The number of nitrogens with one attached hydrogen (secondary N) is 1. The molecule has 6 nitrogen and oxygen atoms in total. The van der Waals surface area contributed by atoms with Crippen molar-refractivity contribution in [1.29, 1.82) is 0 Å². The Balaban J connectivity index is 1.87. The molecule has 2 fully saturated rings. The Morgan fingerprint density at radius 2 is 2.38 bits per heavy atom. The maximum absolute atomic E-state index is 11.2. The van der Waals surface area contributed by atoms with Crippen molar-refractivity contribution in [3.05, 3.63) is 0 Å². The fourth-order valence-electron chi connectivity index (χ4n) is 2.00. The predicted molar refractivity (Wildman–Crippen MR) is 57.2 cm³/mol. The van der Waals surface area contributed by atoms with E-state index in [-0.39, 0.29) is 18.2 Å². The molecular formula is C10H19N3O3. The highest BCUT2D eigenvalue weighted by Gasteiger charge is 2.30. The minimum Gasteiger partial charge on any atom is -0.368 e. The Kier molecular flexibility index (Phi) is 4.11. The van der Waals surface area contributed by atoms with E-state index in [1.54, 1.807) is 5.06 Å². The number of carbonyl (C=O) groups is 1. The van der Waals surface area contributed by atoms with Crippen molar-refractivity contribution in [2.45, 2.75) is 31.6 Å². The van der Waals surface area contributed by atoms with Crippen LogP contribution in [0, 0.1) is 0 Å². The number of hydroxylamine groups is 2. The fraction of sp³-hybridized carbons (Fsp3) is 0.900. The van der Waals surface area contributed by atoms with Crippen molar-refractivity contribution < 1.29 is 14.4 Å². The molecule has 2 heterocycles. The number of ether oxygens (including phenoxy) is 1. The van der Waals surface area contributed by atoms with Crippen molar-refractivity contribution >= 4 is 5.91 Å². The smallest absolute Gasteiger partial charge is 0.238 e. The van der Waals surface area contributed by atoms with Crippen LogP contribution in [-0.4, -0.2) is 49.5 Å². The van der Waals surface area contributed by atoms with E-state index in [1.807, 2.05) is 0 Å². The third-order valence-electron chi connectivity index (χ3n) is 2.91. The molecule has 92 valence electrons. The number of piperazine rings is 1. The first-order valence-corrected chi connectivity index (χ1v) is 5.82. The average Bonchev–Trinajstić information content (AvgIpc) is 2.31. The molecule has 0 aromatic heterocycles.